The number of rotatable bonds is 8. The molecule has 2 heterocycles. The first kappa shape index (κ1) is 29.4. The van der Waals surface area contributed by atoms with Crippen LogP contribution in [0.4, 0.5) is 5.69 Å². The Kier molecular flexibility index (Phi) is 8.49. The van der Waals surface area contributed by atoms with Gasteiger partial charge in [-0.2, -0.15) is 4.68 Å². The van der Waals surface area contributed by atoms with Crippen LogP contribution >= 0.6 is 11.6 Å². The number of benzene rings is 3. The molecule has 1 amide bonds. The molecule has 43 heavy (non-hydrogen) atoms. The summed E-state index contributed by atoms with van der Waals surface area (Å²) >= 11 is 6.29. The second-order valence-corrected chi connectivity index (χ2v) is 11.3. The van der Waals surface area contributed by atoms with Crippen LogP contribution in [-0.2, 0) is 16.0 Å². The average molecular weight is 597 g/mol. The number of aromatic nitrogens is 5. The van der Waals surface area contributed by atoms with Gasteiger partial charge in [-0.1, -0.05) is 41.9 Å². The molecule has 11 heteroatoms. The first-order chi connectivity index (χ1) is 20.6. The maximum atomic E-state index is 13.7. The molecule has 10 nitrogen and oxygen atoms in total. The smallest absolute Gasteiger partial charge is 0.338 e. The lowest BCUT2D eigenvalue weighted by Crippen LogP contribution is -2.34. The second kappa shape index (κ2) is 12.4. The van der Waals surface area contributed by atoms with E-state index in [9.17, 15) is 14.4 Å². The first-order valence-electron chi connectivity index (χ1n) is 13.5. The van der Waals surface area contributed by atoms with Gasteiger partial charge in [-0.25, -0.2) is 4.79 Å². The van der Waals surface area contributed by atoms with Crippen LogP contribution in [0.15, 0.2) is 102 Å². The molecule has 0 spiro atoms. The van der Waals surface area contributed by atoms with Crippen LogP contribution in [0.3, 0.4) is 0 Å². The Morgan fingerprint density at radius 1 is 0.977 bits per heavy atom. The Morgan fingerprint density at radius 2 is 1.72 bits per heavy atom. The third-order valence-electron chi connectivity index (χ3n) is 6.51. The molecule has 0 aliphatic rings. The number of carbonyl (C=O) groups is 2. The van der Waals surface area contributed by atoms with Gasteiger partial charge in [0.25, 0.3) is 5.56 Å². The summed E-state index contributed by atoms with van der Waals surface area (Å²) in [5, 5.41) is 14.7. The van der Waals surface area contributed by atoms with Gasteiger partial charge in [-0.3, -0.25) is 9.59 Å². The monoisotopic (exact) mass is 596 g/mol. The predicted octanol–water partition coefficient (Wildman–Crippen LogP) is 5.52. The number of hydrogen-bond acceptors (Lipinski definition) is 7. The van der Waals surface area contributed by atoms with Crippen LogP contribution in [0.25, 0.3) is 16.8 Å². The summed E-state index contributed by atoms with van der Waals surface area (Å²) in [5.74, 6) is -0.845. The molecule has 0 fully saturated rings. The van der Waals surface area contributed by atoms with Crippen molar-refractivity contribution in [3.8, 4) is 16.8 Å². The van der Waals surface area contributed by atoms with Crippen LogP contribution in [0.5, 0.6) is 0 Å². The zero-order valence-electron chi connectivity index (χ0n) is 23.8. The van der Waals surface area contributed by atoms with Crippen molar-refractivity contribution in [2.75, 3.05) is 5.32 Å². The molecular weight excluding hydrogens is 568 g/mol. The molecule has 3 aromatic carbocycles. The summed E-state index contributed by atoms with van der Waals surface area (Å²) in [7, 11) is 0. The topological polar surface area (TPSA) is 121 Å². The van der Waals surface area contributed by atoms with Crippen LogP contribution in [0.1, 0.15) is 42.7 Å². The SMILES string of the molecule is CC(C)(C)OC(=O)c1ccc(NC(=O)[C@@H](Cc2ccccc2)n2ccc(-c3cc(Cl)ccc3-n3cnnn3)cc2=O)cc1. The quantitative estimate of drug-likeness (QED) is 0.234. The van der Waals surface area contributed by atoms with E-state index in [1.807, 2.05) is 30.3 Å². The highest BCUT2D eigenvalue weighted by Crippen LogP contribution is 2.29. The third-order valence-corrected chi connectivity index (χ3v) is 6.75. The van der Waals surface area contributed by atoms with E-state index in [1.165, 1.54) is 21.6 Å². The maximum absolute atomic E-state index is 13.7. The summed E-state index contributed by atoms with van der Waals surface area (Å²) in [6.07, 6.45) is 3.32. The van der Waals surface area contributed by atoms with Crippen molar-refractivity contribution in [3.05, 3.63) is 124 Å². The summed E-state index contributed by atoms with van der Waals surface area (Å²) < 4.78 is 8.30. The number of nitrogens with one attached hydrogen (secondary N) is 1. The van der Waals surface area contributed by atoms with Crippen molar-refractivity contribution in [1.82, 2.24) is 24.8 Å². The average Bonchev–Trinajstić information content (AvgIpc) is 3.51. The summed E-state index contributed by atoms with van der Waals surface area (Å²) in [5.41, 5.74) is 2.60. The fourth-order valence-electron chi connectivity index (χ4n) is 4.53. The Bertz CT molecular complexity index is 1800. The van der Waals surface area contributed by atoms with E-state index in [2.05, 4.69) is 20.8 Å². The highest BCUT2D eigenvalue weighted by molar-refractivity contribution is 6.31. The Balaban J connectivity index is 1.45. The van der Waals surface area contributed by atoms with Gasteiger partial charge >= 0.3 is 5.97 Å². The lowest BCUT2D eigenvalue weighted by Gasteiger charge is -2.21. The van der Waals surface area contributed by atoms with Crippen molar-refractivity contribution in [2.45, 2.75) is 38.8 Å². The number of hydrogen-bond donors (Lipinski definition) is 1. The normalized spacial score (nSPS) is 12.0. The zero-order valence-corrected chi connectivity index (χ0v) is 24.5. The number of amides is 1. The number of anilines is 1. The molecular formula is C32H29ClN6O4. The van der Waals surface area contributed by atoms with E-state index in [1.54, 1.807) is 75.5 Å². The van der Waals surface area contributed by atoms with E-state index >= 15 is 0 Å². The number of nitrogens with zero attached hydrogens (tertiary/aromatic N) is 5. The van der Waals surface area contributed by atoms with Crippen LogP contribution in [0.2, 0.25) is 5.02 Å². The van der Waals surface area contributed by atoms with Gasteiger partial charge in [0.15, 0.2) is 0 Å². The molecule has 0 saturated heterocycles. The van der Waals surface area contributed by atoms with E-state index in [4.69, 9.17) is 16.3 Å². The molecule has 5 aromatic rings. The Hall–Kier alpha value is -5.09. The zero-order chi connectivity index (χ0) is 30.6. The molecule has 0 radical (unpaired) electrons. The van der Waals surface area contributed by atoms with Crippen LogP contribution in [-0.4, -0.2) is 42.3 Å². The van der Waals surface area contributed by atoms with Crippen molar-refractivity contribution < 1.29 is 14.3 Å². The lowest BCUT2D eigenvalue weighted by atomic mass is 10.0. The molecule has 0 saturated carbocycles. The summed E-state index contributed by atoms with van der Waals surface area (Å²) in [6.45, 7) is 5.38. The Morgan fingerprint density at radius 3 is 2.37 bits per heavy atom. The minimum atomic E-state index is -0.868. The van der Waals surface area contributed by atoms with Gasteiger partial charge < -0.3 is 14.6 Å². The van der Waals surface area contributed by atoms with E-state index < -0.39 is 17.6 Å². The number of carbonyl (C=O) groups excluding carboxylic acids is 2. The van der Waals surface area contributed by atoms with Gasteiger partial charge in [0.2, 0.25) is 5.91 Å². The van der Waals surface area contributed by atoms with E-state index in [0.717, 1.165) is 5.56 Å². The van der Waals surface area contributed by atoms with Gasteiger partial charge in [-0.15, -0.1) is 5.10 Å². The van der Waals surface area contributed by atoms with Crippen LogP contribution < -0.4 is 10.9 Å². The molecule has 1 N–H and O–H groups in total. The molecule has 0 aliphatic heterocycles. The van der Waals surface area contributed by atoms with Crippen molar-refractivity contribution >= 4 is 29.2 Å². The molecule has 0 aliphatic carbocycles. The van der Waals surface area contributed by atoms with Gasteiger partial charge in [0.1, 0.15) is 18.0 Å². The van der Waals surface area contributed by atoms with E-state index in [0.29, 0.717) is 33.1 Å². The summed E-state index contributed by atoms with van der Waals surface area (Å²) in [6, 6.07) is 23.4. The molecule has 0 bridgehead atoms. The minimum Gasteiger partial charge on any atom is -0.456 e. The third kappa shape index (κ3) is 7.22. The van der Waals surface area contributed by atoms with Crippen LogP contribution in [0, 0.1) is 0 Å². The highest BCUT2D eigenvalue weighted by atomic mass is 35.5. The molecule has 5 rings (SSSR count). The number of pyridine rings is 1. The largest absolute Gasteiger partial charge is 0.456 e. The van der Waals surface area contributed by atoms with Crippen molar-refractivity contribution in [3.63, 3.8) is 0 Å². The van der Waals surface area contributed by atoms with Gasteiger partial charge in [0, 0.05) is 35.0 Å². The molecule has 218 valence electrons. The van der Waals surface area contributed by atoms with Crippen molar-refractivity contribution in [2.24, 2.45) is 0 Å². The minimum absolute atomic E-state index is 0.273. The first-order valence-corrected chi connectivity index (χ1v) is 13.9. The number of tetrazole rings is 1. The standard InChI is InChI=1S/C32H29ClN6O4/c1-32(2,3)43-31(42)22-9-12-25(13-10-22)35-30(41)28(17-21-7-5-4-6-8-21)38-16-15-23(18-29(38)40)26-19-24(33)11-14-27(26)39-20-34-36-37-39/h4-16,18-20,28H,17H2,1-3H3,(H,35,41)/t28-/m1/s1. The fourth-order valence-corrected chi connectivity index (χ4v) is 4.70. The van der Waals surface area contributed by atoms with E-state index in [-0.39, 0.29) is 17.9 Å². The maximum Gasteiger partial charge on any atom is 0.338 e. The highest BCUT2D eigenvalue weighted by Gasteiger charge is 2.24. The second-order valence-electron chi connectivity index (χ2n) is 10.9. The van der Waals surface area contributed by atoms with Gasteiger partial charge in [-0.05, 0) is 90.9 Å². The number of esters is 1. The lowest BCUT2D eigenvalue weighted by molar-refractivity contribution is -0.119. The number of ether oxygens (including phenoxy) is 1. The Labute approximate surface area is 252 Å². The van der Waals surface area contributed by atoms with Crippen molar-refractivity contribution in [1.29, 1.82) is 0 Å². The number of halogens is 1. The van der Waals surface area contributed by atoms with Gasteiger partial charge in [0.05, 0.1) is 11.3 Å². The molecule has 0 unspecified atom stereocenters. The molecule has 2 aromatic heterocycles. The fraction of sp³-hybridized carbons (Fsp3) is 0.188. The predicted molar refractivity (Wildman–Crippen MR) is 163 cm³/mol. The summed E-state index contributed by atoms with van der Waals surface area (Å²) in [4.78, 5) is 39.6. The molecule has 1 atom stereocenters.